The summed E-state index contributed by atoms with van der Waals surface area (Å²) in [6.45, 7) is 4.41. The van der Waals surface area contributed by atoms with Crippen molar-refractivity contribution in [1.82, 2.24) is 9.13 Å². The van der Waals surface area contributed by atoms with Gasteiger partial charge in [-0.25, -0.2) is 14.7 Å². The first kappa shape index (κ1) is 12.7. The molecule has 0 radical (unpaired) electrons. The van der Waals surface area contributed by atoms with Crippen LogP contribution < -0.4 is 21.6 Å². The first-order valence-corrected chi connectivity index (χ1v) is 6.04. The molecular weight excluding hydrogens is 236 g/mol. The Morgan fingerprint density at radius 1 is 1.33 bits per heavy atom. The van der Waals surface area contributed by atoms with Crippen molar-refractivity contribution in [1.29, 1.82) is 0 Å². The van der Waals surface area contributed by atoms with Crippen LogP contribution in [-0.2, 0) is 13.1 Å². The van der Waals surface area contributed by atoms with E-state index in [1.54, 1.807) is 9.88 Å². The molecule has 18 heavy (non-hydrogen) atoms. The van der Waals surface area contributed by atoms with Crippen molar-refractivity contribution in [2.24, 2.45) is 0 Å². The zero-order valence-electron chi connectivity index (χ0n) is 10.6. The van der Waals surface area contributed by atoms with Crippen molar-refractivity contribution >= 4 is 17.3 Å². The normalized spacial score (nSPS) is 13.6. The predicted octanol–water partition coefficient (Wildman–Crippen LogP) is -3.25. The van der Waals surface area contributed by atoms with E-state index in [4.69, 9.17) is 5.11 Å². The molecule has 0 aliphatic carbocycles. The number of nitrogens with one attached hydrogen (secondary N) is 1. The van der Waals surface area contributed by atoms with Crippen molar-refractivity contribution in [3.05, 3.63) is 20.8 Å². The van der Waals surface area contributed by atoms with Gasteiger partial charge in [0, 0.05) is 13.2 Å². The Morgan fingerprint density at radius 2 is 2.06 bits per heavy atom. The Hall–Kier alpha value is -1.73. The molecule has 2 rings (SSSR count). The number of fused-ring (bicyclic) bond motifs is 1. The van der Waals surface area contributed by atoms with Gasteiger partial charge in [0.05, 0.1) is 13.5 Å². The van der Waals surface area contributed by atoms with Crippen LogP contribution >= 0.6 is 0 Å². The van der Waals surface area contributed by atoms with Gasteiger partial charge in [0.1, 0.15) is 0 Å². The molecule has 0 saturated heterocycles. The van der Waals surface area contributed by atoms with Gasteiger partial charge in [-0.2, -0.15) is 9.56 Å². The molecule has 1 aromatic heterocycles. The van der Waals surface area contributed by atoms with Crippen LogP contribution in [0.5, 0.6) is 0 Å². The molecule has 7 heteroatoms. The molecule has 0 bridgehead atoms. The maximum atomic E-state index is 12.2. The maximum Gasteiger partial charge on any atom is 0.418 e. The molecular formula is C11H18N4O3+2. The van der Waals surface area contributed by atoms with E-state index in [9.17, 15) is 9.59 Å². The lowest BCUT2D eigenvalue weighted by molar-refractivity contribution is -0.488. The second-order valence-corrected chi connectivity index (χ2v) is 4.28. The number of aliphatic hydroxyl groups is 1. The third-order valence-electron chi connectivity index (χ3n) is 2.99. The van der Waals surface area contributed by atoms with Crippen LogP contribution in [0.15, 0.2) is 9.59 Å². The molecule has 2 heterocycles. The third-order valence-corrected chi connectivity index (χ3v) is 2.99. The van der Waals surface area contributed by atoms with Crippen molar-refractivity contribution in [2.45, 2.75) is 33.4 Å². The number of nitrogens with two attached hydrogens (primary N) is 1. The lowest BCUT2D eigenvalue weighted by atomic mass is 10.4. The van der Waals surface area contributed by atoms with E-state index in [1.807, 2.05) is 13.8 Å². The molecule has 98 valence electrons. The van der Waals surface area contributed by atoms with Gasteiger partial charge >= 0.3 is 17.1 Å². The number of rotatable bonds is 4. The molecule has 1 aromatic rings. The molecule has 0 aromatic carbocycles. The SMILES string of the molecule is CCn1c2c(c(=O)n(CCCO)c1=O)[NH2+]C(C)=[NH+]2. The lowest BCUT2D eigenvalue weighted by Gasteiger charge is -2.04. The van der Waals surface area contributed by atoms with Gasteiger partial charge in [-0.05, 0) is 13.3 Å². The van der Waals surface area contributed by atoms with Crippen LogP contribution in [0.3, 0.4) is 0 Å². The summed E-state index contributed by atoms with van der Waals surface area (Å²) in [7, 11) is 0. The van der Waals surface area contributed by atoms with Gasteiger partial charge in [0.15, 0.2) is 0 Å². The fourth-order valence-electron chi connectivity index (χ4n) is 2.14. The molecule has 0 amide bonds. The zero-order chi connectivity index (χ0) is 13.3. The van der Waals surface area contributed by atoms with Crippen LogP contribution in [0.1, 0.15) is 20.3 Å². The van der Waals surface area contributed by atoms with E-state index in [1.165, 1.54) is 4.57 Å². The van der Waals surface area contributed by atoms with E-state index in [2.05, 4.69) is 4.99 Å². The Balaban J connectivity index is 2.65. The van der Waals surface area contributed by atoms with Gasteiger partial charge in [0.25, 0.3) is 11.5 Å². The van der Waals surface area contributed by atoms with Gasteiger partial charge in [-0.3, -0.25) is 4.79 Å². The number of amidine groups is 1. The van der Waals surface area contributed by atoms with Crippen LogP contribution in [0.2, 0.25) is 0 Å². The first-order valence-electron chi connectivity index (χ1n) is 6.04. The summed E-state index contributed by atoms with van der Waals surface area (Å²) in [5, 5.41) is 10.6. The minimum absolute atomic E-state index is 0.0395. The summed E-state index contributed by atoms with van der Waals surface area (Å²) in [4.78, 5) is 27.4. The standard InChI is InChI=1S/C11H16N4O3/c1-3-14-9-8(12-7(2)13-9)10(17)15(11(14)18)5-4-6-16/h16H,3-6H2,1-2H3,(H,12,13)/p+2. The van der Waals surface area contributed by atoms with Crippen LogP contribution in [0.25, 0.3) is 0 Å². The van der Waals surface area contributed by atoms with E-state index in [-0.39, 0.29) is 24.4 Å². The zero-order valence-corrected chi connectivity index (χ0v) is 10.6. The molecule has 0 fully saturated rings. The fourth-order valence-corrected chi connectivity index (χ4v) is 2.14. The fraction of sp³-hybridized carbons (Fsp3) is 0.545. The molecule has 1 aliphatic heterocycles. The van der Waals surface area contributed by atoms with E-state index < -0.39 is 0 Å². The molecule has 0 saturated carbocycles. The second kappa shape index (κ2) is 4.87. The molecule has 7 nitrogen and oxygen atoms in total. The number of aromatic nitrogens is 2. The minimum atomic E-state index is -0.328. The number of quaternary nitrogens is 1. The number of hydrogen-bond acceptors (Lipinski definition) is 3. The molecule has 1 aliphatic rings. The highest BCUT2D eigenvalue weighted by Crippen LogP contribution is 2.04. The maximum absolute atomic E-state index is 12.2. The van der Waals surface area contributed by atoms with Crippen molar-refractivity contribution in [3.8, 4) is 0 Å². The van der Waals surface area contributed by atoms with Crippen LogP contribution in [-0.4, -0.2) is 26.7 Å². The monoisotopic (exact) mass is 254 g/mol. The smallest absolute Gasteiger partial charge is 0.396 e. The third kappa shape index (κ3) is 1.91. The number of aliphatic hydroxyl groups excluding tert-OH is 1. The molecule has 0 spiro atoms. The van der Waals surface area contributed by atoms with E-state index in [0.29, 0.717) is 24.5 Å². The quantitative estimate of drug-likeness (QED) is 0.527. The summed E-state index contributed by atoms with van der Waals surface area (Å²) in [5.41, 5.74) is -0.102. The van der Waals surface area contributed by atoms with Crippen LogP contribution in [0, 0.1) is 0 Å². The number of hydrogen-bond donors (Lipinski definition) is 3. The molecule has 0 atom stereocenters. The van der Waals surface area contributed by atoms with E-state index >= 15 is 0 Å². The second-order valence-electron chi connectivity index (χ2n) is 4.28. The van der Waals surface area contributed by atoms with Gasteiger partial charge in [-0.15, -0.1) is 0 Å². The Bertz CT molecular complexity index is 612. The van der Waals surface area contributed by atoms with Gasteiger partial charge in [-0.1, -0.05) is 0 Å². The minimum Gasteiger partial charge on any atom is -0.396 e. The van der Waals surface area contributed by atoms with Gasteiger partial charge < -0.3 is 5.11 Å². The number of nitrogens with zero attached hydrogens (tertiary/aromatic N) is 2. The van der Waals surface area contributed by atoms with E-state index in [0.717, 1.165) is 5.84 Å². The average molecular weight is 254 g/mol. The van der Waals surface area contributed by atoms with Crippen molar-refractivity contribution in [2.75, 3.05) is 6.61 Å². The predicted molar refractivity (Wildman–Crippen MR) is 65.2 cm³/mol. The summed E-state index contributed by atoms with van der Waals surface area (Å²) in [5.74, 6) is 1.42. The van der Waals surface area contributed by atoms with Crippen molar-refractivity contribution < 1.29 is 15.4 Å². The lowest BCUT2D eigenvalue weighted by Crippen LogP contribution is -2.88. The summed E-state index contributed by atoms with van der Waals surface area (Å²) >= 11 is 0. The summed E-state index contributed by atoms with van der Waals surface area (Å²) in [6.07, 6.45) is 0.397. The van der Waals surface area contributed by atoms with Crippen LogP contribution in [0.4, 0.5) is 11.5 Å². The summed E-state index contributed by atoms with van der Waals surface area (Å²) < 4.78 is 2.73. The Morgan fingerprint density at radius 3 is 2.67 bits per heavy atom. The topological polar surface area (TPSA) is 94.8 Å². The highest BCUT2D eigenvalue weighted by atomic mass is 16.3. The molecule has 0 unspecified atom stereocenters. The largest absolute Gasteiger partial charge is 0.418 e. The van der Waals surface area contributed by atoms with Gasteiger partial charge in [0.2, 0.25) is 0 Å². The van der Waals surface area contributed by atoms with Crippen molar-refractivity contribution in [3.63, 3.8) is 0 Å². The average Bonchev–Trinajstić information content (AvgIpc) is 2.72. The Labute approximate surface area is 103 Å². The highest BCUT2D eigenvalue weighted by molar-refractivity contribution is 5.71. The Kier molecular flexibility index (Phi) is 3.44. The highest BCUT2D eigenvalue weighted by Gasteiger charge is 2.32. The first-order chi connectivity index (χ1) is 8.60. The molecule has 4 N–H and O–H groups in total. The summed E-state index contributed by atoms with van der Waals surface area (Å²) in [6, 6.07) is 0.